The molecular weight excluding hydrogens is 294 g/mol. The molecule has 0 saturated carbocycles. The molecule has 0 amide bonds. The predicted molar refractivity (Wildman–Crippen MR) is 80.1 cm³/mol. The Balaban J connectivity index is 2.38. The Hall–Kier alpha value is -1.94. The van der Waals surface area contributed by atoms with Crippen molar-refractivity contribution in [2.45, 2.75) is 13.3 Å². The molecule has 0 unspecified atom stereocenters. The van der Waals surface area contributed by atoms with Crippen LogP contribution >= 0.6 is 11.6 Å². The molecule has 0 aliphatic rings. The third-order valence-corrected chi connectivity index (χ3v) is 3.61. The van der Waals surface area contributed by atoms with Gasteiger partial charge in [0.25, 0.3) is 0 Å². The van der Waals surface area contributed by atoms with Crippen molar-refractivity contribution in [2.24, 2.45) is 0 Å². The fourth-order valence-electron chi connectivity index (χ4n) is 2.49. The predicted octanol–water partition coefficient (Wildman–Crippen LogP) is 4.39. The lowest BCUT2D eigenvalue weighted by atomic mass is 10.2. The molecule has 0 fully saturated rings. The molecule has 2 aromatic carbocycles. The molecule has 1 heterocycles. The molecule has 0 spiro atoms. The van der Waals surface area contributed by atoms with Crippen LogP contribution in [0.4, 0.5) is 8.78 Å². The van der Waals surface area contributed by atoms with Gasteiger partial charge in [-0.15, -0.1) is 11.6 Å². The van der Waals surface area contributed by atoms with Crippen LogP contribution in [0.25, 0.3) is 16.7 Å². The van der Waals surface area contributed by atoms with Gasteiger partial charge >= 0.3 is 0 Å². The maximum absolute atomic E-state index is 13.9. The number of alkyl halides is 1. The van der Waals surface area contributed by atoms with E-state index in [0.29, 0.717) is 23.6 Å². The van der Waals surface area contributed by atoms with Gasteiger partial charge in [0.05, 0.1) is 11.2 Å². The number of rotatable bonds is 3. The van der Waals surface area contributed by atoms with Gasteiger partial charge in [0.15, 0.2) is 5.82 Å². The van der Waals surface area contributed by atoms with E-state index in [1.54, 1.807) is 4.57 Å². The molecule has 1 aromatic heterocycles. The molecule has 21 heavy (non-hydrogen) atoms. The van der Waals surface area contributed by atoms with Crippen LogP contribution in [0.2, 0.25) is 0 Å². The van der Waals surface area contributed by atoms with Gasteiger partial charge in [0.2, 0.25) is 0 Å². The first-order chi connectivity index (χ1) is 10.1. The standard InChI is InChI=1S/C16H13ClF2N2/c1-10-4-2-3-5-13(10)21-14-9-11(18)8-12(19)16(14)20-15(21)6-7-17/h2-5,8-9H,6-7H2,1H3. The molecule has 0 aliphatic heterocycles. The van der Waals surface area contributed by atoms with Crippen LogP contribution in [0.3, 0.4) is 0 Å². The number of aryl methyl sites for hydroxylation is 2. The number of benzene rings is 2. The first-order valence-electron chi connectivity index (χ1n) is 6.60. The van der Waals surface area contributed by atoms with Gasteiger partial charge in [-0.2, -0.15) is 0 Å². The third-order valence-electron chi connectivity index (χ3n) is 3.42. The van der Waals surface area contributed by atoms with E-state index >= 15 is 0 Å². The van der Waals surface area contributed by atoms with Crippen molar-refractivity contribution >= 4 is 22.6 Å². The van der Waals surface area contributed by atoms with Crippen LogP contribution in [0.15, 0.2) is 36.4 Å². The number of nitrogens with zero attached hydrogens (tertiary/aromatic N) is 2. The van der Waals surface area contributed by atoms with E-state index in [1.807, 2.05) is 31.2 Å². The molecule has 0 radical (unpaired) electrons. The second-order valence-electron chi connectivity index (χ2n) is 4.84. The van der Waals surface area contributed by atoms with E-state index in [1.165, 1.54) is 6.07 Å². The zero-order valence-corrected chi connectivity index (χ0v) is 12.2. The van der Waals surface area contributed by atoms with Crippen molar-refractivity contribution in [1.82, 2.24) is 9.55 Å². The highest BCUT2D eigenvalue weighted by Crippen LogP contribution is 2.26. The molecule has 0 saturated heterocycles. The first kappa shape index (κ1) is 14.0. The Morgan fingerprint density at radius 3 is 2.67 bits per heavy atom. The third kappa shape index (κ3) is 2.40. The number of halogens is 3. The maximum Gasteiger partial charge on any atom is 0.153 e. The summed E-state index contributed by atoms with van der Waals surface area (Å²) in [6.45, 7) is 1.95. The number of hydrogen-bond donors (Lipinski definition) is 0. The fourth-order valence-corrected chi connectivity index (χ4v) is 2.66. The van der Waals surface area contributed by atoms with Crippen molar-refractivity contribution in [3.8, 4) is 5.69 Å². The lowest BCUT2D eigenvalue weighted by Gasteiger charge is -2.11. The summed E-state index contributed by atoms with van der Waals surface area (Å²) in [5.74, 6) is -0.293. The molecule has 0 atom stereocenters. The van der Waals surface area contributed by atoms with Gasteiger partial charge in [-0.3, -0.25) is 4.57 Å². The summed E-state index contributed by atoms with van der Waals surface area (Å²) in [4.78, 5) is 4.30. The Labute approximate surface area is 126 Å². The van der Waals surface area contributed by atoms with E-state index in [2.05, 4.69) is 4.98 Å². The highest BCUT2D eigenvalue weighted by atomic mass is 35.5. The summed E-state index contributed by atoms with van der Waals surface area (Å²) in [5, 5.41) is 0. The number of fused-ring (bicyclic) bond motifs is 1. The monoisotopic (exact) mass is 306 g/mol. The molecule has 3 rings (SSSR count). The average molecular weight is 307 g/mol. The number of para-hydroxylation sites is 1. The average Bonchev–Trinajstić information content (AvgIpc) is 2.78. The molecule has 0 aliphatic carbocycles. The summed E-state index contributed by atoms with van der Waals surface area (Å²) in [6, 6.07) is 9.80. The van der Waals surface area contributed by atoms with Crippen molar-refractivity contribution < 1.29 is 8.78 Å². The summed E-state index contributed by atoms with van der Waals surface area (Å²) < 4.78 is 29.3. The second kappa shape index (κ2) is 5.45. The minimum Gasteiger partial charge on any atom is -0.296 e. The fraction of sp³-hybridized carbons (Fsp3) is 0.188. The molecule has 108 valence electrons. The topological polar surface area (TPSA) is 17.8 Å². The molecular formula is C16H13ClF2N2. The van der Waals surface area contributed by atoms with Crippen LogP contribution < -0.4 is 0 Å². The Bertz CT molecular complexity index is 811. The van der Waals surface area contributed by atoms with Crippen LogP contribution in [0.1, 0.15) is 11.4 Å². The quantitative estimate of drug-likeness (QED) is 0.656. The van der Waals surface area contributed by atoms with Gasteiger partial charge in [-0.25, -0.2) is 13.8 Å². The summed E-state index contributed by atoms with van der Waals surface area (Å²) in [5.41, 5.74) is 2.43. The molecule has 3 aromatic rings. The molecule has 0 bridgehead atoms. The Kier molecular flexibility index (Phi) is 3.64. The van der Waals surface area contributed by atoms with Gasteiger partial charge in [0, 0.05) is 24.4 Å². The largest absolute Gasteiger partial charge is 0.296 e. The SMILES string of the molecule is Cc1ccccc1-n1c(CCCl)nc2c(F)cc(F)cc21. The van der Waals surface area contributed by atoms with E-state index in [9.17, 15) is 8.78 Å². The Morgan fingerprint density at radius 1 is 1.19 bits per heavy atom. The minimum atomic E-state index is -0.659. The van der Waals surface area contributed by atoms with E-state index in [-0.39, 0.29) is 5.52 Å². The highest BCUT2D eigenvalue weighted by molar-refractivity contribution is 6.17. The van der Waals surface area contributed by atoms with Crippen LogP contribution in [0.5, 0.6) is 0 Å². The van der Waals surface area contributed by atoms with Crippen molar-refractivity contribution in [2.75, 3.05) is 5.88 Å². The molecule has 5 heteroatoms. The van der Waals surface area contributed by atoms with Crippen LogP contribution in [-0.4, -0.2) is 15.4 Å². The van der Waals surface area contributed by atoms with E-state index < -0.39 is 11.6 Å². The number of imidazole rings is 1. The summed E-state index contributed by atoms with van der Waals surface area (Å²) >= 11 is 5.81. The van der Waals surface area contributed by atoms with Gasteiger partial charge < -0.3 is 0 Å². The van der Waals surface area contributed by atoms with E-state index in [4.69, 9.17) is 11.6 Å². The summed E-state index contributed by atoms with van der Waals surface area (Å²) in [7, 11) is 0. The smallest absolute Gasteiger partial charge is 0.153 e. The van der Waals surface area contributed by atoms with Gasteiger partial charge in [-0.05, 0) is 18.6 Å². The Morgan fingerprint density at radius 2 is 1.95 bits per heavy atom. The van der Waals surface area contributed by atoms with Crippen LogP contribution in [-0.2, 0) is 6.42 Å². The van der Waals surface area contributed by atoms with Gasteiger partial charge in [-0.1, -0.05) is 18.2 Å². The lowest BCUT2D eigenvalue weighted by molar-refractivity contribution is 0.590. The second-order valence-corrected chi connectivity index (χ2v) is 5.22. The van der Waals surface area contributed by atoms with Crippen molar-refractivity contribution in [3.63, 3.8) is 0 Å². The molecule has 2 nitrogen and oxygen atoms in total. The first-order valence-corrected chi connectivity index (χ1v) is 7.13. The number of aromatic nitrogens is 2. The molecule has 0 N–H and O–H groups in total. The number of hydrogen-bond acceptors (Lipinski definition) is 1. The van der Waals surface area contributed by atoms with Crippen molar-refractivity contribution in [3.05, 3.63) is 59.4 Å². The minimum absolute atomic E-state index is 0.166. The van der Waals surface area contributed by atoms with Gasteiger partial charge in [0.1, 0.15) is 17.2 Å². The highest BCUT2D eigenvalue weighted by Gasteiger charge is 2.17. The van der Waals surface area contributed by atoms with Crippen LogP contribution in [0, 0.1) is 18.6 Å². The zero-order valence-electron chi connectivity index (χ0n) is 11.4. The maximum atomic E-state index is 13.9. The van der Waals surface area contributed by atoms with E-state index in [0.717, 1.165) is 17.3 Å². The lowest BCUT2D eigenvalue weighted by Crippen LogP contribution is -2.04. The summed E-state index contributed by atoms with van der Waals surface area (Å²) in [6.07, 6.45) is 0.478. The normalized spacial score (nSPS) is 11.2. The zero-order chi connectivity index (χ0) is 15.0. The van der Waals surface area contributed by atoms with Crippen molar-refractivity contribution in [1.29, 1.82) is 0 Å².